The van der Waals surface area contributed by atoms with E-state index < -0.39 is 0 Å². The Bertz CT molecular complexity index is 933. The van der Waals surface area contributed by atoms with Crippen molar-refractivity contribution in [2.75, 3.05) is 18.4 Å². The Morgan fingerprint density at radius 2 is 2.12 bits per heavy atom. The van der Waals surface area contributed by atoms with E-state index in [1.54, 1.807) is 24.3 Å². The molecular formula is C19H18FN3O2S. The molecule has 26 heavy (non-hydrogen) atoms. The molecule has 0 bridgehead atoms. The summed E-state index contributed by atoms with van der Waals surface area (Å²) < 4.78 is 18.6. The van der Waals surface area contributed by atoms with Crippen LogP contribution in [0.25, 0.3) is 11.3 Å². The Kier molecular flexibility index (Phi) is 4.57. The number of fused-ring (bicyclic) bond motifs is 1. The minimum absolute atomic E-state index is 0.202. The minimum Gasteiger partial charge on any atom is -0.451 e. The number of amides is 1. The highest BCUT2D eigenvalue weighted by molar-refractivity contribution is 7.15. The topological polar surface area (TPSA) is 58.4 Å². The summed E-state index contributed by atoms with van der Waals surface area (Å²) >= 11 is 1.51. The van der Waals surface area contributed by atoms with Gasteiger partial charge in [0.1, 0.15) is 11.6 Å². The van der Waals surface area contributed by atoms with Crippen molar-refractivity contribution < 1.29 is 13.6 Å². The van der Waals surface area contributed by atoms with Crippen LogP contribution < -0.4 is 5.32 Å². The number of thiazole rings is 1. The number of anilines is 1. The highest BCUT2D eigenvalue weighted by Gasteiger charge is 2.21. The first-order valence-corrected chi connectivity index (χ1v) is 9.32. The molecular weight excluding hydrogens is 353 g/mol. The number of halogens is 1. The molecule has 1 aromatic carbocycles. The fourth-order valence-electron chi connectivity index (χ4n) is 2.96. The molecule has 0 aliphatic carbocycles. The standard InChI is InChI=1S/C19H18FN3O2S/c1-2-23-10-9-14-17(11-23)26-19(21-14)22-18(24)16-8-7-15(25-16)12-3-5-13(20)6-4-12/h3-8H,2,9-11H2,1H3,(H,21,22,24). The summed E-state index contributed by atoms with van der Waals surface area (Å²) in [6, 6.07) is 9.26. The zero-order chi connectivity index (χ0) is 18.1. The SMILES string of the molecule is CCN1CCc2nc(NC(=O)c3ccc(-c4ccc(F)cc4)o3)sc2C1. The molecule has 0 radical (unpaired) electrons. The Balaban J connectivity index is 1.47. The molecule has 134 valence electrons. The van der Waals surface area contributed by atoms with Crippen molar-refractivity contribution in [3.63, 3.8) is 0 Å². The number of hydrogen-bond donors (Lipinski definition) is 1. The van der Waals surface area contributed by atoms with Gasteiger partial charge in [0.2, 0.25) is 0 Å². The molecule has 1 N–H and O–H groups in total. The van der Waals surface area contributed by atoms with Gasteiger partial charge in [-0.2, -0.15) is 0 Å². The Morgan fingerprint density at radius 1 is 1.31 bits per heavy atom. The number of nitrogens with zero attached hydrogens (tertiary/aromatic N) is 2. The van der Waals surface area contributed by atoms with E-state index in [2.05, 4.69) is 22.1 Å². The molecule has 1 aliphatic rings. The highest BCUT2D eigenvalue weighted by atomic mass is 32.1. The number of nitrogens with one attached hydrogen (secondary N) is 1. The van der Waals surface area contributed by atoms with Crippen LogP contribution in [0.5, 0.6) is 0 Å². The molecule has 2 aromatic heterocycles. The van der Waals surface area contributed by atoms with Crippen LogP contribution in [0, 0.1) is 5.82 Å². The number of rotatable bonds is 4. The van der Waals surface area contributed by atoms with Gasteiger partial charge in [0.15, 0.2) is 10.9 Å². The second kappa shape index (κ2) is 7.01. The van der Waals surface area contributed by atoms with Crippen LogP contribution in [0.2, 0.25) is 0 Å². The fraction of sp³-hybridized carbons (Fsp3) is 0.263. The van der Waals surface area contributed by atoms with Crippen molar-refractivity contribution in [3.8, 4) is 11.3 Å². The van der Waals surface area contributed by atoms with Gasteiger partial charge in [-0.25, -0.2) is 9.37 Å². The maximum atomic E-state index is 13.0. The van der Waals surface area contributed by atoms with Crippen LogP contribution in [0.15, 0.2) is 40.8 Å². The predicted molar refractivity (Wildman–Crippen MR) is 98.8 cm³/mol. The summed E-state index contributed by atoms with van der Waals surface area (Å²) in [6.07, 6.45) is 0.908. The van der Waals surface area contributed by atoms with Crippen molar-refractivity contribution in [2.45, 2.75) is 19.9 Å². The summed E-state index contributed by atoms with van der Waals surface area (Å²) in [4.78, 5) is 20.5. The first-order chi connectivity index (χ1) is 12.6. The molecule has 1 amide bonds. The van der Waals surface area contributed by atoms with E-state index in [0.29, 0.717) is 10.9 Å². The van der Waals surface area contributed by atoms with Gasteiger partial charge in [-0.3, -0.25) is 15.0 Å². The predicted octanol–water partition coefficient (Wildman–Crippen LogP) is 4.17. The van der Waals surface area contributed by atoms with Gasteiger partial charge in [0, 0.05) is 30.0 Å². The van der Waals surface area contributed by atoms with E-state index in [-0.39, 0.29) is 17.5 Å². The Hall–Kier alpha value is -2.51. The lowest BCUT2D eigenvalue weighted by Crippen LogP contribution is -2.29. The summed E-state index contributed by atoms with van der Waals surface area (Å²) in [5.41, 5.74) is 1.79. The molecule has 0 fully saturated rings. The molecule has 3 aromatic rings. The van der Waals surface area contributed by atoms with E-state index in [9.17, 15) is 9.18 Å². The first-order valence-electron chi connectivity index (χ1n) is 8.50. The monoisotopic (exact) mass is 371 g/mol. The molecule has 0 atom stereocenters. The van der Waals surface area contributed by atoms with Crippen LogP contribution in [-0.2, 0) is 13.0 Å². The smallest absolute Gasteiger partial charge is 0.293 e. The fourth-order valence-corrected chi connectivity index (χ4v) is 4.01. The average Bonchev–Trinajstić information content (AvgIpc) is 3.28. The van der Waals surface area contributed by atoms with E-state index in [4.69, 9.17) is 4.42 Å². The lowest BCUT2D eigenvalue weighted by Gasteiger charge is -2.23. The molecule has 3 heterocycles. The van der Waals surface area contributed by atoms with Gasteiger partial charge < -0.3 is 4.42 Å². The number of benzene rings is 1. The second-order valence-corrected chi connectivity index (χ2v) is 7.22. The van der Waals surface area contributed by atoms with E-state index >= 15 is 0 Å². The summed E-state index contributed by atoms with van der Waals surface area (Å²) in [7, 11) is 0. The summed E-state index contributed by atoms with van der Waals surface area (Å²) in [6.45, 7) is 5.04. The third kappa shape index (κ3) is 3.40. The van der Waals surface area contributed by atoms with Crippen LogP contribution in [0.1, 0.15) is 28.0 Å². The molecule has 4 rings (SSSR count). The largest absolute Gasteiger partial charge is 0.451 e. The number of likely N-dealkylation sites (N-methyl/N-ethyl adjacent to an activating group) is 1. The van der Waals surface area contributed by atoms with E-state index in [0.717, 1.165) is 37.3 Å². The minimum atomic E-state index is -0.336. The number of furan rings is 1. The summed E-state index contributed by atoms with van der Waals surface area (Å²) in [5.74, 6) is 0.0734. The average molecular weight is 371 g/mol. The van der Waals surface area contributed by atoms with Crippen LogP contribution in [0.4, 0.5) is 9.52 Å². The molecule has 0 unspecified atom stereocenters. The van der Waals surface area contributed by atoms with Crippen LogP contribution in [-0.4, -0.2) is 28.9 Å². The number of carbonyl (C=O) groups excluding carboxylic acids is 1. The maximum Gasteiger partial charge on any atom is 0.293 e. The van der Waals surface area contributed by atoms with Crippen molar-refractivity contribution in [2.24, 2.45) is 0 Å². The lowest BCUT2D eigenvalue weighted by atomic mass is 10.2. The van der Waals surface area contributed by atoms with E-state index in [1.165, 1.54) is 28.3 Å². The highest BCUT2D eigenvalue weighted by Crippen LogP contribution is 2.29. The summed E-state index contributed by atoms with van der Waals surface area (Å²) in [5, 5.41) is 3.41. The van der Waals surface area contributed by atoms with Gasteiger partial charge in [-0.15, -0.1) is 11.3 Å². The van der Waals surface area contributed by atoms with Crippen molar-refractivity contribution >= 4 is 22.4 Å². The van der Waals surface area contributed by atoms with Crippen LogP contribution >= 0.6 is 11.3 Å². The zero-order valence-corrected chi connectivity index (χ0v) is 15.1. The van der Waals surface area contributed by atoms with Gasteiger partial charge in [-0.1, -0.05) is 6.92 Å². The number of hydrogen-bond acceptors (Lipinski definition) is 5. The van der Waals surface area contributed by atoms with Crippen LogP contribution in [0.3, 0.4) is 0 Å². The van der Waals surface area contributed by atoms with Crippen molar-refractivity contribution in [3.05, 3.63) is 58.5 Å². The molecule has 7 heteroatoms. The van der Waals surface area contributed by atoms with Gasteiger partial charge >= 0.3 is 0 Å². The van der Waals surface area contributed by atoms with Crippen molar-refractivity contribution in [1.29, 1.82) is 0 Å². The maximum absolute atomic E-state index is 13.0. The lowest BCUT2D eigenvalue weighted by molar-refractivity contribution is 0.0997. The Morgan fingerprint density at radius 3 is 2.88 bits per heavy atom. The Labute approximate surface area is 154 Å². The third-order valence-electron chi connectivity index (χ3n) is 4.44. The molecule has 1 aliphatic heterocycles. The van der Waals surface area contributed by atoms with Gasteiger partial charge in [-0.05, 0) is 42.9 Å². The molecule has 0 spiro atoms. The molecule has 5 nitrogen and oxygen atoms in total. The number of carbonyl (C=O) groups is 1. The van der Waals surface area contributed by atoms with Crippen molar-refractivity contribution in [1.82, 2.24) is 9.88 Å². The first kappa shape index (κ1) is 16.9. The quantitative estimate of drug-likeness (QED) is 0.748. The van der Waals surface area contributed by atoms with E-state index in [1.807, 2.05) is 0 Å². The zero-order valence-electron chi connectivity index (χ0n) is 14.3. The molecule has 0 saturated heterocycles. The normalized spacial score (nSPS) is 14.2. The third-order valence-corrected chi connectivity index (χ3v) is 5.43. The second-order valence-electron chi connectivity index (χ2n) is 6.13. The van der Waals surface area contributed by atoms with Gasteiger partial charge in [0.25, 0.3) is 5.91 Å². The number of aromatic nitrogens is 1. The molecule has 0 saturated carbocycles. The van der Waals surface area contributed by atoms with Gasteiger partial charge in [0.05, 0.1) is 5.69 Å².